The van der Waals surface area contributed by atoms with E-state index in [1.54, 1.807) is 43.5 Å². The van der Waals surface area contributed by atoms with Crippen LogP contribution in [-0.2, 0) is 25.8 Å². The Labute approximate surface area is 311 Å². The minimum Gasteiger partial charge on any atom is -0.491 e. The van der Waals surface area contributed by atoms with Gasteiger partial charge in [-0.3, -0.25) is 18.7 Å². The van der Waals surface area contributed by atoms with Crippen molar-refractivity contribution in [3.05, 3.63) is 128 Å². The lowest BCUT2D eigenvalue weighted by Gasteiger charge is -2.34. The molecule has 5 aromatic rings. The number of nitrogens with one attached hydrogen (secondary N) is 1. The number of hydrogen-bond acceptors (Lipinski definition) is 7. The summed E-state index contributed by atoms with van der Waals surface area (Å²) in [5.41, 5.74) is -0.0222. The lowest BCUT2D eigenvalue weighted by molar-refractivity contribution is -0.210. The normalized spacial score (nSPS) is 15.1. The number of hydrogen-bond donors (Lipinski definition) is 2. The molecule has 3 aromatic carbocycles. The molecule has 0 aliphatic carbocycles. The van der Waals surface area contributed by atoms with Crippen molar-refractivity contribution in [2.24, 2.45) is 0 Å². The molecule has 1 aliphatic heterocycles. The van der Waals surface area contributed by atoms with Gasteiger partial charge < -0.3 is 20.1 Å². The minimum absolute atomic E-state index is 0.0374. The minimum atomic E-state index is -4.90. The summed E-state index contributed by atoms with van der Waals surface area (Å²) in [6, 6.07) is 16.4. The van der Waals surface area contributed by atoms with Crippen LogP contribution in [0.2, 0.25) is 0 Å². The average Bonchev–Trinajstić information content (AvgIpc) is 3.42. The zero-order chi connectivity index (χ0) is 38.9. The quantitative estimate of drug-likeness (QED) is 0.171. The van der Waals surface area contributed by atoms with Gasteiger partial charge in [-0.1, -0.05) is 40.2 Å². The van der Waals surface area contributed by atoms with Crippen molar-refractivity contribution < 1.29 is 45.8 Å². The van der Waals surface area contributed by atoms with E-state index in [1.807, 2.05) is 0 Å². The number of imidazole rings is 1. The number of carbonyl (C=O) groups excluding carboxylic acids is 2. The van der Waals surface area contributed by atoms with E-state index in [-0.39, 0.29) is 52.5 Å². The highest BCUT2D eigenvalue weighted by molar-refractivity contribution is 9.10. The number of benzene rings is 3. The Bertz CT molecular complexity index is 2240. The van der Waals surface area contributed by atoms with E-state index in [0.717, 1.165) is 16.7 Å². The van der Waals surface area contributed by atoms with Crippen LogP contribution < -0.4 is 15.7 Å². The molecule has 2 amide bonds. The van der Waals surface area contributed by atoms with Crippen LogP contribution in [0.15, 0.2) is 94.6 Å². The molecule has 0 fully saturated rings. The molecule has 6 rings (SSSR count). The molecular weight excluding hydrogens is 790 g/mol. The van der Waals surface area contributed by atoms with Gasteiger partial charge in [-0.05, 0) is 61.0 Å². The van der Waals surface area contributed by atoms with E-state index >= 15 is 0 Å². The third kappa shape index (κ3) is 7.89. The van der Waals surface area contributed by atoms with Crippen LogP contribution in [0.4, 0.5) is 26.3 Å². The monoisotopic (exact) mass is 818 g/mol. The molecule has 0 spiro atoms. The largest absolute Gasteiger partial charge is 0.491 e. The van der Waals surface area contributed by atoms with Crippen molar-refractivity contribution in [1.82, 2.24) is 29.3 Å². The van der Waals surface area contributed by atoms with Crippen molar-refractivity contribution in [3.63, 3.8) is 0 Å². The molecule has 0 unspecified atom stereocenters. The smallest absolute Gasteiger partial charge is 0.417 e. The molecule has 0 saturated heterocycles. The predicted octanol–water partition coefficient (Wildman–Crippen LogP) is 6.15. The Morgan fingerprint density at radius 1 is 1.04 bits per heavy atom. The second-order valence-electron chi connectivity index (χ2n) is 12.3. The van der Waals surface area contributed by atoms with Crippen LogP contribution in [-0.4, -0.2) is 65.9 Å². The molecule has 11 nitrogen and oxygen atoms in total. The van der Waals surface area contributed by atoms with E-state index in [1.165, 1.54) is 46.1 Å². The van der Waals surface area contributed by atoms with Crippen molar-refractivity contribution in [1.29, 1.82) is 0 Å². The first-order valence-corrected chi connectivity index (χ1v) is 17.0. The fourth-order valence-corrected chi connectivity index (χ4v) is 6.47. The number of aromatic nitrogens is 4. The summed E-state index contributed by atoms with van der Waals surface area (Å²) in [4.78, 5) is 51.5. The van der Waals surface area contributed by atoms with Gasteiger partial charge in [-0.25, -0.2) is 14.8 Å². The third-order valence-corrected chi connectivity index (χ3v) is 9.43. The molecule has 2 aromatic heterocycles. The van der Waals surface area contributed by atoms with Gasteiger partial charge in [0.05, 0.1) is 29.2 Å². The van der Waals surface area contributed by atoms with E-state index in [2.05, 4.69) is 31.2 Å². The second-order valence-corrected chi connectivity index (χ2v) is 13.1. The Morgan fingerprint density at radius 3 is 2.43 bits per heavy atom. The number of fused-ring (bicyclic) bond motifs is 1. The van der Waals surface area contributed by atoms with Crippen molar-refractivity contribution >= 4 is 27.7 Å². The number of alkyl halides is 6. The Hall–Kier alpha value is -5.49. The second kappa shape index (κ2) is 15.1. The van der Waals surface area contributed by atoms with Crippen LogP contribution in [0.25, 0.3) is 16.9 Å². The summed E-state index contributed by atoms with van der Waals surface area (Å²) in [6.07, 6.45) is -9.46. The lowest BCUT2D eigenvalue weighted by atomic mass is 10.0. The molecule has 54 heavy (non-hydrogen) atoms. The zero-order valence-electron chi connectivity index (χ0n) is 28.0. The van der Waals surface area contributed by atoms with Crippen LogP contribution in [0.5, 0.6) is 5.75 Å². The molecule has 18 heteroatoms. The number of aliphatic hydroxyl groups excluding tert-OH is 1. The molecule has 2 atom stereocenters. The highest BCUT2D eigenvalue weighted by Gasteiger charge is 2.39. The number of halogens is 7. The highest BCUT2D eigenvalue weighted by atomic mass is 79.9. The fraction of sp³-hybridized carbons (Fsp3) is 0.250. The summed E-state index contributed by atoms with van der Waals surface area (Å²) in [5.74, 6) is -1.57. The van der Waals surface area contributed by atoms with E-state index in [4.69, 9.17) is 4.74 Å². The van der Waals surface area contributed by atoms with Crippen molar-refractivity contribution in [3.8, 4) is 22.7 Å². The molecule has 3 heterocycles. The van der Waals surface area contributed by atoms with E-state index in [9.17, 15) is 45.8 Å². The van der Waals surface area contributed by atoms with Gasteiger partial charge in [0.15, 0.2) is 6.10 Å². The van der Waals surface area contributed by atoms with Crippen molar-refractivity contribution in [2.45, 2.75) is 51.1 Å². The number of rotatable bonds is 9. The van der Waals surface area contributed by atoms with Crippen LogP contribution in [0.1, 0.15) is 44.6 Å². The lowest BCUT2D eigenvalue weighted by Crippen LogP contribution is -2.47. The maximum absolute atomic E-state index is 14.2. The van der Waals surface area contributed by atoms with E-state index in [0.29, 0.717) is 16.8 Å². The Kier molecular flexibility index (Phi) is 10.7. The molecule has 0 bridgehead atoms. The Balaban J connectivity index is 1.37. The molecule has 1 aliphatic rings. The van der Waals surface area contributed by atoms with E-state index < -0.39 is 54.2 Å². The topological polar surface area (TPSA) is 132 Å². The maximum Gasteiger partial charge on any atom is 0.417 e. The number of aliphatic hydroxyl groups is 1. The number of carbonyl (C=O) groups is 2. The summed E-state index contributed by atoms with van der Waals surface area (Å²) >= 11 is 2.88. The van der Waals surface area contributed by atoms with Gasteiger partial charge in [0.25, 0.3) is 11.8 Å². The Morgan fingerprint density at radius 2 is 1.76 bits per heavy atom. The number of amides is 2. The highest BCUT2D eigenvalue weighted by Crippen LogP contribution is 2.36. The van der Waals surface area contributed by atoms with Crippen LogP contribution in [0.3, 0.4) is 0 Å². The van der Waals surface area contributed by atoms with Gasteiger partial charge in [0, 0.05) is 40.9 Å². The van der Waals surface area contributed by atoms with Gasteiger partial charge in [0.2, 0.25) is 0 Å². The first-order chi connectivity index (χ1) is 25.5. The maximum atomic E-state index is 14.2. The van der Waals surface area contributed by atoms with Gasteiger partial charge in [-0.15, -0.1) is 0 Å². The zero-order valence-corrected chi connectivity index (χ0v) is 29.6. The molecule has 282 valence electrons. The molecule has 0 radical (unpaired) electrons. The van der Waals surface area contributed by atoms with Gasteiger partial charge in [0.1, 0.15) is 24.4 Å². The average molecular weight is 820 g/mol. The fourth-order valence-electron chi connectivity index (χ4n) is 6.00. The standard InChI is InChI=1S/C36H29BrF6N6O5/c1-20-16-48-29(17-47(20)33(52)21-6-11-27(37)26(14-21)35(38,39)40)31(32(51)45-15-22-4-2-3-5-25(22)28-12-13-44-19-46-28)49(34(48)53)23-7-9-24(10-8-23)54-18-30(50)36(41,42)43/h2-14,19-20,30,50H,15-18H2,1H3,(H,45,51)/t20-,30-/m0/s1. The number of ether oxygens (including phenoxy) is 1. The summed E-state index contributed by atoms with van der Waals surface area (Å²) in [5, 5.41) is 12.1. The summed E-state index contributed by atoms with van der Waals surface area (Å²) < 4.78 is 86.7. The first-order valence-electron chi connectivity index (χ1n) is 16.2. The molecule has 2 N–H and O–H groups in total. The summed E-state index contributed by atoms with van der Waals surface area (Å²) in [7, 11) is 0. The third-order valence-electron chi connectivity index (χ3n) is 8.73. The van der Waals surface area contributed by atoms with Crippen LogP contribution >= 0.6 is 15.9 Å². The first kappa shape index (κ1) is 38.2. The SMILES string of the molecule is C[C@H]1Cn2c(c(C(=O)NCc3ccccc3-c3ccncn3)n(-c3ccc(OC[C@H](O)C(F)(F)F)cc3)c2=O)CN1C(=O)c1ccc(Br)c(C(F)(F)F)c1. The predicted molar refractivity (Wildman–Crippen MR) is 185 cm³/mol. The van der Waals surface area contributed by atoms with Crippen molar-refractivity contribution in [2.75, 3.05) is 6.61 Å². The van der Waals surface area contributed by atoms with Gasteiger partial charge >= 0.3 is 18.0 Å². The molecular formula is C36H29BrF6N6O5. The number of nitrogens with zero attached hydrogens (tertiary/aromatic N) is 5. The van der Waals surface area contributed by atoms with Crippen LogP contribution in [0, 0.1) is 0 Å². The molecule has 0 saturated carbocycles. The summed E-state index contributed by atoms with van der Waals surface area (Å²) in [6.45, 7) is 0.0289. The van der Waals surface area contributed by atoms with Gasteiger partial charge in [-0.2, -0.15) is 26.3 Å².